The summed E-state index contributed by atoms with van der Waals surface area (Å²) in [5.41, 5.74) is 2.18. The summed E-state index contributed by atoms with van der Waals surface area (Å²) in [6.45, 7) is 2.35. The summed E-state index contributed by atoms with van der Waals surface area (Å²) in [6.07, 6.45) is 1.09. The number of carbonyl (C=O) groups is 1. The van der Waals surface area contributed by atoms with Gasteiger partial charge in [-0.15, -0.1) is 10.2 Å². The Morgan fingerprint density at radius 2 is 1.62 bits per heavy atom. The summed E-state index contributed by atoms with van der Waals surface area (Å²) in [5, 5.41) is 20.5. The van der Waals surface area contributed by atoms with Crippen LogP contribution >= 0.6 is 11.8 Å². The van der Waals surface area contributed by atoms with E-state index in [0.29, 0.717) is 67.0 Å². The van der Waals surface area contributed by atoms with Crippen molar-refractivity contribution < 1.29 is 14.1 Å². The molecule has 4 aromatic rings. The largest absolute Gasteiger partial charge is 0.366 e. The maximum Gasteiger partial charge on any atom is 0.269 e. The van der Waals surface area contributed by atoms with Gasteiger partial charge in [-0.3, -0.25) is 19.5 Å². The molecule has 1 amide bonds. The number of hydrogen-bond acceptors (Lipinski definition) is 7. The number of halogens is 1. The van der Waals surface area contributed by atoms with Crippen LogP contribution < -0.4 is 4.90 Å². The zero-order chi connectivity index (χ0) is 27.2. The third-order valence-corrected chi connectivity index (χ3v) is 7.59. The van der Waals surface area contributed by atoms with Gasteiger partial charge < -0.3 is 9.80 Å². The molecule has 0 atom stereocenters. The molecule has 1 aliphatic heterocycles. The lowest BCUT2D eigenvalue weighted by Gasteiger charge is -2.36. The number of non-ortho nitro benzene ring substituents is 1. The molecule has 11 heteroatoms. The van der Waals surface area contributed by atoms with E-state index in [0.717, 1.165) is 5.69 Å². The molecule has 0 unspecified atom stereocenters. The first-order chi connectivity index (χ1) is 19.0. The van der Waals surface area contributed by atoms with Crippen LogP contribution in [-0.2, 0) is 4.79 Å². The number of thioether (sulfide) groups is 1. The third-order valence-electron chi connectivity index (χ3n) is 6.58. The van der Waals surface area contributed by atoms with Crippen molar-refractivity contribution >= 4 is 29.0 Å². The van der Waals surface area contributed by atoms with Crippen molar-refractivity contribution in [2.24, 2.45) is 0 Å². The Bertz CT molecular complexity index is 1440. The molecule has 200 valence electrons. The summed E-state index contributed by atoms with van der Waals surface area (Å²) in [5.74, 6) is 1.11. The minimum Gasteiger partial charge on any atom is -0.366 e. The summed E-state index contributed by atoms with van der Waals surface area (Å²) in [6, 6.07) is 22.6. The lowest BCUT2D eigenvalue weighted by Crippen LogP contribution is -2.49. The van der Waals surface area contributed by atoms with E-state index in [-0.39, 0.29) is 17.4 Å². The second-order valence-corrected chi connectivity index (χ2v) is 10.1. The first-order valence-electron chi connectivity index (χ1n) is 12.7. The van der Waals surface area contributed by atoms with Gasteiger partial charge in [-0.05, 0) is 42.8 Å². The van der Waals surface area contributed by atoms with Crippen molar-refractivity contribution in [3.05, 3.63) is 94.8 Å². The molecule has 2 heterocycles. The molecule has 9 nitrogen and oxygen atoms in total. The minimum atomic E-state index is -0.433. The van der Waals surface area contributed by atoms with Gasteiger partial charge in [0.25, 0.3) is 5.69 Å². The van der Waals surface area contributed by atoms with E-state index in [4.69, 9.17) is 0 Å². The van der Waals surface area contributed by atoms with Crippen LogP contribution in [0.5, 0.6) is 0 Å². The molecule has 0 radical (unpaired) electrons. The summed E-state index contributed by atoms with van der Waals surface area (Å²) in [4.78, 5) is 27.3. The second kappa shape index (κ2) is 12.1. The predicted octanol–water partition coefficient (Wildman–Crippen LogP) is 5.20. The number of benzene rings is 3. The summed E-state index contributed by atoms with van der Waals surface area (Å²) in [7, 11) is 0. The smallest absolute Gasteiger partial charge is 0.269 e. The van der Waals surface area contributed by atoms with Gasteiger partial charge in [-0.25, -0.2) is 4.39 Å². The van der Waals surface area contributed by atoms with E-state index in [9.17, 15) is 19.3 Å². The number of aromatic nitrogens is 3. The van der Waals surface area contributed by atoms with Crippen LogP contribution in [0.1, 0.15) is 12.8 Å². The Balaban J connectivity index is 1.19. The predicted molar refractivity (Wildman–Crippen MR) is 149 cm³/mol. The Hall–Kier alpha value is -4.25. The second-order valence-electron chi connectivity index (χ2n) is 9.05. The van der Waals surface area contributed by atoms with Crippen molar-refractivity contribution in [1.29, 1.82) is 0 Å². The molecule has 0 spiro atoms. The number of para-hydroxylation sites is 2. The number of carbonyl (C=O) groups excluding carboxylic acids is 1. The fourth-order valence-electron chi connectivity index (χ4n) is 4.54. The number of rotatable bonds is 9. The van der Waals surface area contributed by atoms with Crippen molar-refractivity contribution in [2.45, 2.75) is 18.0 Å². The number of nitro benzene ring substituents is 1. The SMILES string of the molecule is O=C(CCCSc1nnc(-c2ccc([N+](=O)[O-])cc2)n1-c1ccccc1)N1CCN(c2ccccc2F)CC1. The quantitative estimate of drug-likeness (QED) is 0.123. The van der Waals surface area contributed by atoms with E-state index >= 15 is 0 Å². The fourth-order valence-corrected chi connectivity index (χ4v) is 5.43. The van der Waals surface area contributed by atoms with E-state index in [1.54, 1.807) is 24.3 Å². The van der Waals surface area contributed by atoms with Gasteiger partial charge in [-0.1, -0.05) is 42.1 Å². The molecule has 5 rings (SSSR count). The zero-order valence-corrected chi connectivity index (χ0v) is 22.0. The number of hydrogen-bond donors (Lipinski definition) is 0. The Kier molecular flexibility index (Phi) is 8.16. The maximum atomic E-state index is 14.1. The van der Waals surface area contributed by atoms with Gasteiger partial charge in [0.1, 0.15) is 5.82 Å². The van der Waals surface area contributed by atoms with Gasteiger partial charge in [-0.2, -0.15) is 0 Å². The summed E-state index contributed by atoms with van der Waals surface area (Å²) < 4.78 is 16.0. The first kappa shape index (κ1) is 26.4. The molecule has 0 N–H and O–H groups in total. The van der Waals surface area contributed by atoms with Crippen LogP contribution in [0.2, 0.25) is 0 Å². The monoisotopic (exact) mass is 546 g/mol. The molecule has 1 saturated heterocycles. The highest BCUT2D eigenvalue weighted by atomic mass is 32.2. The lowest BCUT2D eigenvalue weighted by atomic mass is 10.2. The van der Waals surface area contributed by atoms with E-state index in [1.807, 2.05) is 50.8 Å². The average molecular weight is 547 g/mol. The van der Waals surface area contributed by atoms with Crippen molar-refractivity contribution in [2.75, 3.05) is 36.8 Å². The molecular formula is C28H27FN6O3S. The molecule has 1 aliphatic rings. The molecule has 0 aliphatic carbocycles. The van der Waals surface area contributed by atoms with Crippen LogP contribution in [-0.4, -0.2) is 62.4 Å². The number of piperazine rings is 1. The standard InChI is InChI=1S/C28H27FN6O3S/c29-24-9-4-5-10-25(24)32-16-18-33(19-17-32)26(36)11-6-20-39-28-31-30-27(34(28)22-7-2-1-3-8-22)21-12-14-23(15-13-21)35(37)38/h1-5,7-10,12-15H,6,11,16-20H2. The molecule has 3 aromatic carbocycles. The molecule has 1 fully saturated rings. The van der Waals surface area contributed by atoms with E-state index in [1.165, 1.54) is 30.0 Å². The molecule has 39 heavy (non-hydrogen) atoms. The Labute approximate surface area is 229 Å². The van der Waals surface area contributed by atoms with E-state index < -0.39 is 4.92 Å². The van der Waals surface area contributed by atoms with Crippen LogP contribution in [0.25, 0.3) is 17.1 Å². The average Bonchev–Trinajstić information content (AvgIpc) is 3.40. The Morgan fingerprint density at radius 1 is 0.923 bits per heavy atom. The fraction of sp³-hybridized carbons (Fsp3) is 0.250. The molecular weight excluding hydrogens is 519 g/mol. The minimum absolute atomic E-state index is 0.0115. The number of amides is 1. The Morgan fingerprint density at radius 3 is 2.31 bits per heavy atom. The highest BCUT2D eigenvalue weighted by Crippen LogP contribution is 2.29. The third kappa shape index (κ3) is 6.09. The lowest BCUT2D eigenvalue weighted by molar-refractivity contribution is -0.384. The zero-order valence-electron chi connectivity index (χ0n) is 21.1. The van der Waals surface area contributed by atoms with Gasteiger partial charge in [0, 0.05) is 61.7 Å². The van der Waals surface area contributed by atoms with E-state index in [2.05, 4.69) is 10.2 Å². The maximum absolute atomic E-state index is 14.1. The normalized spacial score (nSPS) is 13.5. The van der Waals surface area contributed by atoms with Crippen LogP contribution in [0.4, 0.5) is 15.8 Å². The highest BCUT2D eigenvalue weighted by molar-refractivity contribution is 7.99. The van der Waals surface area contributed by atoms with Crippen LogP contribution in [0.15, 0.2) is 84.0 Å². The topological polar surface area (TPSA) is 97.4 Å². The first-order valence-corrected chi connectivity index (χ1v) is 13.7. The molecule has 0 bridgehead atoms. The highest BCUT2D eigenvalue weighted by Gasteiger charge is 2.23. The van der Waals surface area contributed by atoms with Crippen molar-refractivity contribution in [3.63, 3.8) is 0 Å². The van der Waals surface area contributed by atoms with Gasteiger partial charge in [0.15, 0.2) is 11.0 Å². The number of nitrogens with zero attached hydrogens (tertiary/aromatic N) is 6. The van der Waals surface area contributed by atoms with Crippen LogP contribution in [0, 0.1) is 15.9 Å². The van der Waals surface area contributed by atoms with Crippen LogP contribution in [0.3, 0.4) is 0 Å². The summed E-state index contributed by atoms with van der Waals surface area (Å²) >= 11 is 1.51. The molecule has 1 aromatic heterocycles. The number of nitro groups is 1. The number of anilines is 1. The van der Waals surface area contributed by atoms with Crippen molar-refractivity contribution in [1.82, 2.24) is 19.7 Å². The van der Waals surface area contributed by atoms with Gasteiger partial charge in [0.05, 0.1) is 10.6 Å². The van der Waals surface area contributed by atoms with Gasteiger partial charge in [0.2, 0.25) is 5.91 Å². The molecule has 0 saturated carbocycles. The van der Waals surface area contributed by atoms with Crippen molar-refractivity contribution in [3.8, 4) is 17.1 Å². The van der Waals surface area contributed by atoms with Gasteiger partial charge >= 0.3 is 0 Å².